The van der Waals surface area contributed by atoms with E-state index < -0.39 is 0 Å². The summed E-state index contributed by atoms with van der Waals surface area (Å²) in [6.45, 7) is 0. The first-order valence-electron chi connectivity index (χ1n) is 15.3. The molecule has 0 saturated heterocycles. The molecule has 0 atom stereocenters. The minimum Gasteiger partial charge on any atom is -0.455 e. The summed E-state index contributed by atoms with van der Waals surface area (Å²) < 4.78 is 6.42. The Kier molecular flexibility index (Phi) is 5.85. The molecule has 9 aromatic rings. The molecule has 0 spiro atoms. The fraction of sp³-hybridized carbons (Fsp3) is 0. The largest absolute Gasteiger partial charge is 0.455 e. The van der Waals surface area contributed by atoms with Gasteiger partial charge in [-0.15, -0.1) is 0 Å². The monoisotopic (exact) mass is 573 g/mol. The lowest BCUT2D eigenvalue weighted by atomic mass is 9.85. The Bertz CT molecular complexity index is 2470. The quantitative estimate of drug-likeness (QED) is 0.196. The number of furan rings is 1. The van der Waals surface area contributed by atoms with E-state index in [0.29, 0.717) is 0 Å². The average molecular weight is 574 g/mol. The van der Waals surface area contributed by atoms with Crippen molar-refractivity contribution in [2.45, 2.75) is 0 Å². The molecule has 0 bridgehead atoms. The molecule has 0 amide bonds. The molecule has 0 aliphatic carbocycles. The molecule has 45 heavy (non-hydrogen) atoms. The number of hydrogen-bond acceptors (Lipinski definition) is 2. The van der Waals surface area contributed by atoms with E-state index in [4.69, 9.17) is 4.42 Å². The Morgan fingerprint density at radius 2 is 0.933 bits per heavy atom. The normalized spacial score (nSPS) is 11.6. The van der Waals surface area contributed by atoms with Crippen molar-refractivity contribution in [3.8, 4) is 44.6 Å². The lowest BCUT2D eigenvalue weighted by Crippen LogP contribution is -1.91. The molecule has 0 fully saturated rings. The highest BCUT2D eigenvalue weighted by Gasteiger charge is 2.18. The van der Waals surface area contributed by atoms with E-state index in [1.165, 1.54) is 43.8 Å². The van der Waals surface area contributed by atoms with Gasteiger partial charge in [0.15, 0.2) is 0 Å². The van der Waals surface area contributed by atoms with Crippen molar-refractivity contribution in [2.75, 3.05) is 0 Å². The molecule has 2 heterocycles. The molecule has 2 aromatic heterocycles. The summed E-state index contributed by atoms with van der Waals surface area (Å²) >= 11 is 0. The molecule has 0 saturated carbocycles. The standard InChI is InChI=1S/C43H27NO/c1-3-16-36-34(14-1)41(29-24-22-28(23-25-29)39-20-7-8-26-44-39)35-15-2-4-17-37(35)42(36)31-12-9-11-30(27-31)32-18-10-19-38-33-13-5-6-21-40(33)45-43(32)38/h1-27H. The topological polar surface area (TPSA) is 26.0 Å². The molecule has 0 N–H and O–H groups in total. The van der Waals surface area contributed by atoms with Crippen LogP contribution in [0.5, 0.6) is 0 Å². The van der Waals surface area contributed by atoms with Crippen LogP contribution in [0, 0.1) is 0 Å². The maximum atomic E-state index is 6.42. The highest BCUT2D eigenvalue weighted by Crippen LogP contribution is 2.45. The third-order valence-electron chi connectivity index (χ3n) is 8.93. The van der Waals surface area contributed by atoms with Crippen molar-refractivity contribution in [3.63, 3.8) is 0 Å². The smallest absolute Gasteiger partial charge is 0.143 e. The fourth-order valence-corrected chi connectivity index (χ4v) is 6.91. The Balaban J connectivity index is 1.25. The van der Waals surface area contributed by atoms with Crippen LogP contribution in [-0.2, 0) is 0 Å². The van der Waals surface area contributed by atoms with Gasteiger partial charge in [-0.3, -0.25) is 4.98 Å². The zero-order chi connectivity index (χ0) is 29.7. The Morgan fingerprint density at radius 3 is 1.62 bits per heavy atom. The van der Waals surface area contributed by atoms with Crippen LogP contribution in [0.15, 0.2) is 168 Å². The number of aromatic nitrogens is 1. The number of benzene rings is 7. The summed E-state index contributed by atoms with van der Waals surface area (Å²) in [6.07, 6.45) is 1.84. The van der Waals surface area contributed by atoms with Gasteiger partial charge >= 0.3 is 0 Å². The number of hydrogen-bond donors (Lipinski definition) is 0. The highest BCUT2D eigenvalue weighted by molar-refractivity contribution is 6.21. The molecule has 2 heteroatoms. The first-order valence-corrected chi connectivity index (χ1v) is 15.3. The molecule has 9 rings (SSSR count). The highest BCUT2D eigenvalue weighted by atomic mass is 16.3. The maximum Gasteiger partial charge on any atom is 0.143 e. The van der Waals surface area contributed by atoms with Crippen molar-refractivity contribution < 1.29 is 4.42 Å². The van der Waals surface area contributed by atoms with Crippen molar-refractivity contribution >= 4 is 43.5 Å². The van der Waals surface area contributed by atoms with E-state index in [2.05, 4.69) is 138 Å². The third-order valence-corrected chi connectivity index (χ3v) is 8.93. The van der Waals surface area contributed by atoms with Crippen LogP contribution in [-0.4, -0.2) is 4.98 Å². The molecule has 2 nitrogen and oxygen atoms in total. The first kappa shape index (κ1) is 25.5. The SMILES string of the molecule is c1ccc(-c2ccc(-c3c4ccccc4c(-c4cccc(-c5cccc6c5oc5ccccc56)c4)c4ccccc34)cc2)nc1. The van der Waals surface area contributed by atoms with E-state index in [1.54, 1.807) is 0 Å². The summed E-state index contributed by atoms with van der Waals surface area (Å²) in [7, 11) is 0. The van der Waals surface area contributed by atoms with Gasteiger partial charge in [0.25, 0.3) is 0 Å². The zero-order valence-corrected chi connectivity index (χ0v) is 24.4. The molecule has 7 aromatic carbocycles. The fourth-order valence-electron chi connectivity index (χ4n) is 6.91. The van der Waals surface area contributed by atoms with Crippen LogP contribution in [0.4, 0.5) is 0 Å². The maximum absolute atomic E-state index is 6.42. The Morgan fingerprint density at radius 1 is 0.378 bits per heavy atom. The molecular formula is C43H27NO. The second kappa shape index (κ2) is 10.3. The second-order valence-corrected chi connectivity index (χ2v) is 11.5. The number of fused-ring (bicyclic) bond motifs is 5. The Labute approximate surface area is 260 Å². The number of para-hydroxylation sites is 2. The van der Waals surface area contributed by atoms with E-state index in [0.717, 1.165) is 44.3 Å². The van der Waals surface area contributed by atoms with E-state index in [1.807, 2.05) is 30.5 Å². The van der Waals surface area contributed by atoms with Crippen LogP contribution < -0.4 is 0 Å². The molecule has 0 unspecified atom stereocenters. The first-order chi connectivity index (χ1) is 22.3. The summed E-state index contributed by atoms with van der Waals surface area (Å²) in [6, 6.07) is 56.1. The predicted octanol–water partition coefficient (Wildman–Crippen LogP) is 12.0. The summed E-state index contributed by atoms with van der Waals surface area (Å²) in [5.41, 5.74) is 11.0. The second-order valence-electron chi connectivity index (χ2n) is 11.5. The van der Waals surface area contributed by atoms with E-state index >= 15 is 0 Å². The van der Waals surface area contributed by atoms with Crippen molar-refractivity contribution in [3.05, 3.63) is 164 Å². The summed E-state index contributed by atoms with van der Waals surface area (Å²) in [4.78, 5) is 4.55. The van der Waals surface area contributed by atoms with Gasteiger partial charge < -0.3 is 4.42 Å². The lowest BCUT2D eigenvalue weighted by molar-refractivity contribution is 0.670. The molecule has 210 valence electrons. The van der Waals surface area contributed by atoms with Gasteiger partial charge in [-0.1, -0.05) is 133 Å². The molecule has 0 aliphatic heterocycles. The van der Waals surface area contributed by atoms with Gasteiger partial charge in [-0.05, 0) is 73.6 Å². The van der Waals surface area contributed by atoms with E-state index in [-0.39, 0.29) is 0 Å². The minimum absolute atomic E-state index is 0.914. The minimum atomic E-state index is 0.914. The van der Waals surface area contributed by atoms with Crippen LogP contribution in [0.1, 0.15) is 0 Å². The van der Waals surface area contributed by atoms with Crippen molar-refractivity contribution in [2.24, 2.45) is 0 Å². The lowest BCUT2D eigenvalue weighted by Gasteiger charge is -2.18. The predicted molar refractivity (Wildman–Crippen MR) is 188 cm³/mol. The Hall–Kier alpha value is -5.99. The summed E-state index contributed by atoms with van der Waals surface area (Å²) in [5.74, 6) is 0. The van der Waals surface area contributed by atoms with Crippen LogP contribution in [0.2, 0.25) is 0 Å². The van der Waals surface area contributed by atoms with Gasteiger partial charge in [-0.2, -0.15) is 0 Å². The average Bonchev–Trinajstić information content (AvgIpc) is 3.50. The molecular weight excluding hydrogens is 546 g/mol. The number of pyridine rings is 1. The zero-order valence-electron chi connectivity index (χ0n) is 24.4. The van der Waals surface area contributed by atoms with Gasteiger partial charge in [0.1, 0.15) is 11.2 Å². The number of rotatable bonds is 4. The van der Waals surface area contributed by atoms with Gasteiger partial charge in [-0.25, -0.2) is 0 Å². The molecule has 0 aliphatic rings. The van der Waals surface area contributed by atoms with Gasteiger partial charge in [0.2, 0.25) is 0 Å². The van der Waals surface area contributed by atoms with Crippen LogP contribution in [0.3, 0.4) is 0 Å². The number of nitrogens with zero attached hydrogens (tertiary/aromatic N) is 1. The summed E-state index contributed by atoms with van der Waals surface area (Å²) in [5, 5.41) is 7.23. The van der Waals surface area contributed by atoms with Gasteiger partial charge in [0.05, 0.1) is 5.69 Å². The third kappa shape index (κ3) is 4.15. The van der Waals surface area contributed by atoms with Crippen molar-refractivity contribution in [1.82, 2.24) is 4.98 Å². The van der Waals surface area contributed by atoms with Crippen molar-refractivity contribution in [1.29, 1.82) is 0 Å². The van der Waals surface area contributed by atoms with E-state index in [9.17, 15) is 0 Å². The molecule has 0 radical (unpaired) electrons. The van der Waals surface area contributed by atoms with Crippen LogP contribution >= 0.6 is 0 Å². The van der Waals surface area contributed by atoms with Crippen LogP contribution in [0.25, 0.3) is 88.1 Å². The van der Waals surface area contributed by atoms with Gasteiger partial charge in [0, 0.05) is 28.1 Å².